The fraction of sp³-hybridized carbons (Fsp3) is 0.481. The van der Waals surface area contributed by atoms with Crippen LogP contribution in [-0.2, 0) is 14.2 Å². The van der Waals surface area contributed by atoms with Gasteiger partial charge in [0.1, 0.15) is 60.0 Å². The first kappa shape index (κ1) is 29.3. The smallest absolute Gasteiger partial charge is 0.229 e. The SMILES string of the molecule is Cc1cc(O)c2c(c1)C(=O)c1cc(O[C@H]3O[C@H](C)[C@H](O[C@@H]4O[C@H](CO)[C@@H](O)[C@H](O)[C@H]4O)[C@H](O)[C@@H]3O)cc(O)c1C2=O. The highest BCUT2D eigenvalue weighted by molar-refractivity contribution is 6.30. The number of rotatable bonds is 5. The summed E-state index contributed by atoms with van der Waals surface area (Å²) in [6, 6.07) is 4.95. The van der Waals surface area contributed by atoms with Gasteiger partial charge in [0.15, 0.2) is 12.1 Å². The highest BCUT2D eigenvalue weighted by atomic mass is 16.7. The molecule has 14 heteroatoms. The summed E-state index contributed by atoms with van der Waals surface area (Å²) < 4.78 is 22.2. The number of phenolic OH excluding ortho intramolecular Hbond substituents is 2. The number of benzene rings is 2. The molecule has 3 aliphatic rings. The van der Waals surface area contributed by atoms with Crippen LogP contribution in [-0.4, -0.2) is 120 Å². The Morgan fingerprint density at radius 1 is 0.756 bits per heavy atom. The molecule has 14 nitrogen and oxygen atoms in total. The van der Waals surface area contributed by atoms with Gasteiger partial charge in [-0.05, 0) is 37.6 Å². The van der Waals surface area contributed by atoms with Crippen LogP contribution < -0.4 is 4.74 Å². The first-order valence-electron chi connectivity index (χ1n) is 12.8. The van der Waals surface area contributed by atoms with Gasteiger partial charge >= 0.3 is 0 Å². The molecule has 2 saturated heterocycles. The monoisotopic (exact) mass is 578 g/mol. The van der Waals surface area contributed by atoms with Crippen molar-refractivity contribution in [3.05, 3.63) is 52.1 Å². The van der Waals surface area contributed by atoms with E-state index >= 15 is 0 Å². The number of phenols is 2. The number of carbonyl (C=O) groups excluding carboxylic acids is 2. The zero-order chi connectivity index (χ0) is 29.9. The van der Waals surface area contributed by atoms with Crippen LogP contribution in [0.2, 0.25) is 0 Å². The molecule has 0 unspecified atom stereocenters. The van der Waals surface area contributed by atoms with Crippen molar-refractivity contribution < 1.29 is 69.4 Å². The maximum absolute atomic E-state index is 13.2. The highest BCUT2D eigenvalue weighted by Crippen LogP contribution is 2.40. The number of ether oxygens (including phenoxy) is 4. The summed E-state index contributed by atoms with van der Waals surface area (Å²) >= 11 is 0. The first-order valence-corrected chi connectivity index (χ1v) is 12.8. The summed E-state index contributed by atoms with van der Waals surface area (Å²) in [6.45, 7) is 2.38. The van der Waals surface area contributed by atoms with Gasteiger partial charge in [-0.1, -0.05) is 0 Å². The zero-order valence-electron chi connectivity index (χ0n) is 21.8. The molecule has 0 spiro atoms. The molecule has 1 aliphatic carbocycles. The molecule has 10 atom stereocenters. The van der Waals surface area contributed by atoms with Crippen LogP contribution in [0.4, 0.5) is 0 Å². The van der Waals surface area contributed by atoms with Crippen LogP contribution >= 0.6 is 0 Å². The lowest BCUT2D eigenvalue weighted by molar-refractivity contribution is -0.348. The molecule has 0 saturated carbocycles. The summed E-state index contributed by atoms with van der Waals surface area (Å²) in [4.78, 5) is 26.3. The lowest BCUT2D eigenvalue weighted by Gasteiger charge is -2.45. The van der Waals surface area contributed by atoms with Crippen molar-refractivity contribution in [2.24, 2.45) is 0 Å². The summed E-state index contributed by atoms with van der Waals surface area (Å²) in [5.41, 5.74) is -0.288. The average molecular weight is 579 g/mol. The lowest BCUT2D eigenvalue weighted by atomic mass is 9.82. The van der Waals surface area contributed by atoms with Crippen molar-refractivity contribution in [1.29, 1.82) is 0 Å². The van der Waals surface area contributed by atoms with Crippen LogP contribution in [0.5, 0.6) is 17.2 Å². The minimum absolute atomic E-state index is 0.0530. The average Bonchev–Trinajstić information content (AvgIpc) is 2.91. The summed E-state index contributed by atoms with van der Waals surface area (Å²) in [5, 5.41) is 82.0. The Bertz CT molecular complexity index is 1360. The number of aryl methyl sites for hydroxylation is 1. The number of hydrogen-bond acceptors (Lipinski definition) is 14. The van der Waals surface area contributed by atoms with Gasteiger partial charge in [0, 0.05) is 17.2 Å². The molecule has 2 fully saturated rings. The predicted molar refractivity (Wildman–Crippen MR) is 133 cm³/mol. The molecule has 0 bridgehead atoms. The Kier molecular flexibility index (Phi) is 7.80. The van der Waals surface area contributed by atoms with Crippen LogP contribution in [0.25, 0.3) is 0 Å². The number of hydrogen-bond donors (Lipinski definition) is 8. The molecule has 222 valence electrons. The Morgan fingerprint density at radius 2 is 1.37 bits per heavy atom. The Hall–Kier alpha value is -3.18. The molecule has 5 rings (SSSR count). The third-order valence-corrected chi connectivity index (χ3v) is 7.47. The number of aliphatic hydroxyl groups excluding tert-OH is 6. The number of aliphatic hydroxyl groups is 6. The van der Waals surface area contributed by atoms with Crippen LogP contribution in [0.3, 0.4) is 0 Å². The quantitative estimate of drug-likeness (QED) is 0.167. The Balaban J connectivity index is 1.35. The van der Waals surface area contributed by atoms with Gasteiger partial charge in [-0.15, -0.1) is 0 Å². The second kappa shape index (κ2) is 10.9. The Labute approximate surface area is 232 Å². The second-order valence-electron chi connectivity index (χ2n) is 10.3. The van der Waals surface area contributed by atoms with E-state index < -0.39 is 91.1 Å². The van der Waals surface area contributed by atoms with Crippen LogP contribution in [0, 0.1) is 6.92 Å². The molecular formula is C27H30O14. The van der Waals surface area contributed by atoms with E-state index in [1.165, 1.54) is 25.1 Å². The third kappa shape index (κ3) is 4.97. The minimum Gasteiger partial charge on any atom is -0.507 e. The summed E-state index contributed by atoms with van der Waals surface area (Å²) in [5.74, 6) is -2.61. The van der Waals surface area contributed by atoms with E-state index in [-0.39, 0.29) is 28.0 Å². The van der Waals surface area contributed by atoms with Crippen molar-refractivity contribution in [1.82, 2.24) is 0 Å². The van der Waals surface area contributed by atoms with E-state index in [9.17, 15) is 50.4 Å². The maximum atomic E-state index is 13.2. The molecule has 2 aromatic carbocycles. The molecule has 0 aromatic heterocycles. The Morgan fingerprint density at radius 3 is 2.02 bits per heavy atom. The number of ketones is 2. The normalized spacial score (nSPS) is 35.1. The fourth-order valence-electron chi connectivity index (χ4n) is 5.30. The second-order valence-corrected chi connectivity index (χ2v) is 10.3. The van der Waals surface area contributed by atoms with Crippen LogP contribution in [0.1, 0.15) is 44.3 Å². The molecule has 2 aliphatic heterocycles. The van der Waals surface area contributed by atoms with Gasteiger partial charge in [0.2, 0.25) is 12.1 Å². The van der Waals surface area contributed by atoms with Gasteiger partial charge in [-0.2, -0.15) is 0 Å². The zero-order valence-corrected chi connectivity index (χ0v) is 21.8. The van der Waals surface area contributed by atoms with Crippen molar-refractivity contribution >= 4 is 11.6 Å². The van der Waals surface area contributed by atoms with E-state index in [1.54, 1.807) is 6.92 Å². The van der Waals surface area contributed by atoms with Gasteiger partial charge in [-0.3, -0.25) is 9.59 Å². The van der Waals surface area contributed by atoms with Gasteiger partial charge in [0.25, 0.3) is 0 Å². The fourth-order valence-corrected chi connectivity index (χ4v) is 5.30. The van der Waals surface area contributed by atoms with E-state index in [1.807, 2.05) is 0 Å². The minimum atomic E-state index is -1.78. The highest BCUT2D eigenvalue weighted by Gasteiger charge is 2.50. The predicted octanol–water partition coefficient (Wildman–Crippen LogP) is -1.79. The molecule has 0 radical (unpaired) electrons. The topological polar surface area (TPSA) is 233 Å². The van der Waals surface area contributed by atoms with E-state index in [0.29, 0.717) is 5.56 Å². The van der Waals surface area contributed by atoms with Gasteiger partial charge < -0.3 is 59.8 Å². The molecule has 41 heavy (non-hydrogen) atoms. The molecule has 8 N–H and O–H groups in total. The van der Waals surface area contributed by atoms with E-state index in [4.69, 9.17) is 18.9 Å². The third-order valence-electron chi connectivity index (χ3n) is 7.47. The summed E-state index contributed by atoms with van der Waals surface area (Å²) in [7, 11) is 0. The van der Waals surface area contributed by atoms with Crippen molar-refractivity contribution in [2.45, 2.75) is 75.3 Å². The first-order chi connectivity index (χ1) is 19.3. The van der Waals surface area contributed by atoms with Crippen LogP contribution in [0.15, 0.2) is 24.3 Å². The van der Waals surface area contributed by atoms with Gasteiger partial charge in [0.05, 0.1) is 23.8 Å². The number of carbonyl (C=O) groups is 2. The molecule has 2 heterocycles. The lowest BCUT2D eigenvalue weighted by Crippen LogP contribution is -2.64. The van der Waals surface area contributed by atoms with Crippen molar-refractivity contribution in [3.63, 3.8) is 0 Å². The maximum Gasteiger partial charge on any atom is 0.229 e. The molecule has 0 amide bonds. The standard InChI is InChI=1S/C27H30O14/c1-8-3-11-16(13(29)4-8)20(33)17-12(18(11)31)5-10(6-14(17)30)39-26-24(37)22(35)25(9(2)38-26)41-27-23(36)21(34)19(32)15(7-28)40-27/h3-6,9,15,19,21-30,32,34-37H,7H2,1-2H3/t9-,15-,19-,21+,22-,23-,24+,25+,26-,27+/m1/s1. The number of fused-ring (bicyclic) bond motifs is 2. The largest absolute Gasteiger partial charge is 0.507 e. The summed E-state index contributed by atoms with van der Waals surface area (Å²) in [6.07, 6.45) is -15.4. The van der Waals surface area contributed by atoms with Crippen molar-refractivity contribution in [2.75, 3.05) is 6.61 Å². The van der Waals surface area contributed by atoms with Crippen molar-refractivity contribution in [3.8, 4) is 17.2 Å². The van der Waals surface area contributed by atoms with Gasteiger partial charge in [-0.25, -0.2) is 0 Å². The molecule has 2 aromatic rings. The molecular weight excluding hydrogens is 548 g/mol. The number of aromatic hydroxyl groups is 2. The van der Waals surface area contributed by atoms with E-state index in [0.717, 1.165) is 6.07 Å². The van der Waals surface area contributed by atoms with E-state index in [2.05, 4.69) is 0 Å².